The second kappa shape index (κ2) is 8.91. The lowest BCUT2D eigenvalue weighted by molar-refractivity contribution is 0.0507. The zero-order valence-electron chi connectivity index (χ0n) is 16.2. The second-order valence-corrected chi connectivity index (χ2v) is 6.86. The summed E-state index contributed by atoms with van der Waals surface area (Å²) >= 11 is 0. The van der Waals surface area contributed by atoms with Crippen molar-refractivity contribution in [2.75, 3.05) is 27.4 Å². The van der Waals surface area contributed by atoms with Crippen molar-refractivity contribution in [3.8, 4) is 11.5 Å². The highest BCUT2D eigenvalue weighted by atomic mass is 16.5. The highest BCUT2D eigenvalue weighted by molar-refractivity contribution is 5.94. The van der Waals surface area contributed by atoms with Crippen molar-refractivity contribution in [2.45, 2.75) is 32.4 Å². The summed E-state index contributed by atoms with van der Waals surface area (Å²) in [4.78, 5) is 15.1. The first-order chi connectivity index (χ1) is 13.1. The van der Waals surface area contributed by atoms with Crippen LogP contribution in [-0.4, -0.2) is 44.3 Å². The summed E-state index contributed by atoms with van der Waals surface area (Å²) in [5.74, 6) is 1.49. The maximum absolute atomic E-state index is 13.3. The Morgan fingerprint density at radius 1 is 1.19 bits per heavy atom. The number of methoxy groups -OCH3 is 2. The Bertz CT molecular complexity index is 784. The Kier molecular flexibility index (Phi) is 6.35. The number of carbonyl (C=O) groups excluding carboxylic acids is 1. The van der Waals surface area contributed by atoms with E-state index in [1.54, 1.807) is 14.2 Å². The summed E-state index contributed by atoms with van der Waals surface area (Å²) < 4.78 is 16.5. The summed E-state index contributed by atoms with van der Waals surface area (Å²) in [5.41, 5.74) is 2.66. The van der Waals surface area contributed by atoms with Gasteiger partial charge < -0.3 is 19.1 Å². The van der Waals surface area contributed by atoms with Gasteiger partial charge in [0.25, 0.3) is 5.91 Å². The Labute approximate surface area is 160 Å². The van der Waals surface area contributed by atoms with Gasteiger partial charge in [0.1, 0.15) is 11.5 Å². The van der Waals surface area contributed by atoms with Crippen LogP contribution in [0.5, 0.6) is 11.5 Å². The van der Waals surface area contributed by atoms with Crippen molar-refractivity contribution in [1.82, 2.24) is 4.90 Å². The van der Waals surface area contributed by atoms with E-state index in [4.69, 9.17) is 14.2 Å². The Morgan fingerprint density at radius 3 is 2.74 bits per heavy atom. The topological polar surface area (TPSA) is 48.0 Å². The first kappa shape index (κ1) is 19.2. The third-order valence-electron chi connectivity index (χ3n) is 4.90. The first-order valence-corrected chi connectivity index (χ1v) is 9.29. The molecule has 0 aliphatic carbocycles. The molecule has 1 atom stereocenters. The molecule has 0 aromatic heterocycles. The maximum atomic E-state index is 13.3. The minimum Gasteiger partial charge on any atom is -0.497 e. The van der Waals surface area contributed by atoms with Gasteiger partial charge in [-0.25, -0.2) is 0 Å². The normalized spacial score (nSPS) is 16.2. The summed E-state index contributed by atoms with van der Waals surface area (Å²) in [6.07, 6.45) is 2.12. The number of nitrogens with zero attached hydrogens (tertiary/aromatic N) is 1. The van der Waals surface area contributed by atoms with Crippen molar-refractivity contribution in [1.29, 1.82) is 0 Å². The van der Waals surface area contributed by atoms with Gasteiger partial charge >= 0.3 is 0 Å². The molecular weight excluding hydrogens is 342 g/mol. The van der Waals surface area contributed by atoms with Crippen LogP contribution in [0.15, 0.2) is 42.5 Å². The van der Waals surface area contributed by atoms with E-state index in [-0.39, 0.29) is 12.0 Å². The minimum absolute atomic E-state index is 0.0216. The lowest BCUT2D eigenvalue weighted by atomic mass is 10.1. The van der Waals surface area contributed by atoms with Crippen molar-refractivity contribution in [3.05, 3.63) is 59.2 Å². The Balaban J connectivity index is 1.84. The van der Waals surface area contributed by atoms with Gasteiger partial charge in [-0.15, -0.1) is 0 Å². The van der Waals surface area contributed by atoms with Crippen LogP contribution >= 0.6 is 0 Å². The van der Waals surface area contributed by atoms with Crippen LogP contribution in [0.1, 0.15) is 34.3 Å². The van der Waals surface area contributed by atoms with Crippen molar-refractivity contribution in [2.24, 2.45) is 0 Å². The van der Waals surface area contributed by atoms with Gasteiger partial charge in [-0.3, -0.25) is 4.79 Å². The fourth-order valence-corrected chi connectivity index (χ4v) is 3.38. The standard InChI is InChI=1S/C22H27NO4/c1-16-9-10-18(13-21(16)26-3)22(24)23(15-20-8-5-11-27-20)14-17-6-4-7-19(12-17)25-2/h4,6-7,9-10,12-13,20H,5,8,11,14-15H2,1-3H3. The number of amides is 1. The number of aryl methyl sites for hydroxylation is 1. The zero-order chi connectivity index (χ0) is 19.2. The molecule has 0 bridgehead atoms. The number of carbonyl (C=O) groups is 1. The molecule has 1 saturated heterocycles. The number of hydrogen-bond donors (Lipinski definition) is 0. The number of hydrogen-bond acceptors (Lipinski definition) is 4. The predicted octanol–water partition coefficient (Wildman–Crippen LogP) is 3.83. The summed E-state index contributed by atoms with van der Waals surface area (Å²) in [7, 11) is 3.27. The lowest BCUT2D eigenvalue weighted by Crippen LogP contribution is -2.37. The smallest absolute Gasteiger partial charge is 0.254 e. The molecule has 1 heterocycles. The summed E-state index contributed by atoms with van der Waals surface area (Å²) in [5, 5.41) is 0. The van der Waals surface area contributed by atoms with E-state index < -0.39 is 0 Å². The molecule has 144 valence electrons. The molecule has 1 amide bonds. The van der Waals surface area contributed by atoms with Gasteiger partial charge in [0.15, 0.2) is 0 Å². The Morgan fingerprint density at radius 2 is 2.04 bits per heavy atom. The highest BCUT2D eigenvalue weighted by Crippen LogP contribution is 2.23. The van der Waals surface area contributed by atoms with Crippen molar-refractivity contribution >= 4 is 5.91 Å². The minimum atomic E-state index is -0.0216. The molecule has 1 aliphatic rings. The van der Waals surface area contributed by atoms with Gasteiger partial charge in [-0.2, -0.15) is 0 Å². The molecule has 1 fully saturated rings. The summed E-state index contributed by atoms with van der Waals surface area (Å²) in [6, 6.07) is 13.4. The van der Waals surface area contributed by atoms with E-state index in [1.165, 1.54) is 0 Å². The monoisotopic (exact) mass is 369 g/mol. The lowest BCUT2D eigenvalue weighted by Gasteiger charge is -2.26. The molecule has 0 saturated carbocycles. The maximum Gasteiger partial charge on any atom is 0.254 e. The van der Waals surface area contributed by atoms with E-state index in [2.05, 4.69) is 0 Å². The van der Waals surface area contributed by atoms with E-state index in [1.807, 2.05) is 54.3 Å². The third-order valence-corrected chi connectivity index (χ3v) is 4.90. The predicted molar refractivity (Wildman–Crippen MR) is 104 cm³/mol. The molecule has 0 N–H and O–H groups in total. The molecule has 5 nitrogen and oxygen atoms in total. The SMILES string of the molecule is COc1cccc(CN(CC2CCCO2)C(=O)c2ccc(C)c(OC)c2)c1. The molecule has 2 aromatic carbocycles. The van der Waals surface area contributed by atoms with Crippen LogP contribution in [0.2, 0.25) is 0 Å². The van der Waals surface area contributed by atoms with Gasteiger partial charge in [0.2, 0.25) is 0 Å². The molecule has 1 aliphatic heterocycles. The van der Waals surface area contributed by atoms with Crippen LogP contribution in [0.25, 0.3) is 0 Å². The average Bonchev–Trinajstić information content (AvgIpc) is 3.20. The molecule has 27 heavy (non-hydrogen) atoms. The quantitative estimate of drug-likeness (QED) is 0.744. The third kappa shape index (κ3) is 4.80. The van der Waals surface area contributed by atoms with Crippen LogP contribution < -0.4 is 9.47 Å². The molecule has 2 aromatic rings. The number of benzene rings is 2. The summed E-state index contributed by atoms with van der Waals surface area (Å²) in [6.45, 7) is 3.82. The fourth-order valence-electron chi connectivity index (χ4n) is 3.38. The van der Waals surface area contributed by atoms with E-state index in [0.29, 0.717) is 18.7 Å². The first-order valence-electron chi connectivity index (χ1n) is 9.29. The Hall–Kier alpha value is -2.53. The van der Waals surface area contributed by atoms with Gasteiger partial charge in [0.05, 0.1) is 20.3 Å². The number of rotatable bonds is 7. The van der Waals surface area contributed by atoms with Crippen LogP contribution in [0.3, 0.4) is 0 Å². The van der Waals surface area contributed by atoms with Crippen LogP contribution in [0.4, 0.5) is 0 Å². The molecule has 1 unspecified atom stereocenters. The van der Waals surface area contributed by atoms with E-state index >= 15 is 0 Å². The van der Waals surface area contributed by atoms with Crippen LogP contribution in [0, 0.1) is 6.92 Å². The number of ether oxygens (including phenoxy) is 3. The van der Waals surface area contributed by atoms with E-state index in [0.717, 1.165) is 42.1 Å². The van der Waals surface area contributed by atoms with Gasteiger partial charge in [-0.1, -0.05) is 18.2 Å². The molecule has 3 rings (SSSR count). The zero-order valence-corrected chi connectivity index (χ0v) is 16.2. The average molecular weight is 369 g/mol. The molecule has 0 spiro atoms. The van der Waals surface area contributed by atoms with Crippen molar-refractivity contribution < 1.29 is 19.0 Å². The van der Waals surface area contributed by atoms with E-state index in [9.17, 15) is 4.79 Å². The largest absolute Gasteiger partial charge is 0.497 e. The molecular formula is C22H27NO4. The van der Waals surface area contributed by atoms with Crippen molar-refractivity contribution in [3.63, 3.8) is 0 Å². The van der Waals surface area contributed by atoms with Gasteiger partial charge in [-0.05, 0) is 55.2 Å². The molecule has 0 radical (unpaired) electrons. The van der Waals surface area contributed by atoms with Crippen LogP contribution in [-0.2, 0) is 11.3 Å². The fraction of sp³-hybridized carbons (Fsp3) is 0.409. The highest BCUT2D eigenvalue weighted by Gasteiger charge is 2.24. The van der Waals surface area contributed by atoms with Gasteiger partial charge in [0, 0.05) is 25.3 Å². The molecule has 5 heteroatoms. The second-order valence-electron chi connectivity index (χ2n) is 6.86.